The molecular formula is C37H38N4O5. The third-order valence-electron chi connectivity index (χ3n) is 9.39. The van der Waals surface area contributed by atoms with Crippen molar-refractivity contribution in [2.75, 3.05) is 75.7 Å². The molecule has 0 bridgehead atoms. The van der Waals surface area contributed by atoms with Crippen LogP contribution >= 0.6 is 0 Å². The third-order valence-corrected chi connectivity index (χ3v) is 9.39. The van der Waals surface area contributed by atoms with Crippen molar-refractivity contribution in [2.24, 2.45) is 0 Å². The zero-order chi connectivity index (χ0) is 30.9. The zero-order valence-corrected chi connectivity index (χ0v) is 25.9. The number of ketones is 1. The van der Waals surface area contributed by atoms with Gasteiger partial charge in [-0.1, -0.05) is 60.7 Å². The summed E-state index contributed by atoms with van der Waals surface area (Å²) in [6, 6.07) is 28.6. The van der Waals surface area contributed by atoms with Gasteiger partial charge in [0, 0.05) is 65.4 Å². The van der Waals surface area contributed by atoms with E-state index in [4.69, 9.17) is 18.9 Å². The summed E-state index contributed by atoms with van der Waals surface area (Å²) in [7, 11) is 0. The second kappa shape index (κ2) is 12.6. The first-order chi connectivity index (χ1) is 22.7. The summed E-state index contributed by atoms with van der Waals surface area (Å²) in [5.41, 5.74) is 5.47. The van der Waals surface area contributed by atoms with Crippen LogP contribution in [0, 0.1) is 0 Å². The van der Waals surface area contributed by atoms with E-state index in [1.165, 1.54) is 11.1 Å². The average molecular weight is 619 g/mol. The molecule has 0 radical (unpaired) electrons. The minimum atomic E-state index is -0.0555. The van der Waals surface area contributed by atoms with Crippen LogP contribution in [0.25, 0.3) is 0 Å². The molecule has 8 rings (SSSR count). The van der Waals surface area contributed by atoms with Crippen LogP contribution in [-0.2, 0) is 13.1 Å². The van der Waals surface area contributed by atoms with Crippen LogP contribution < -0.4 is 28.7 Å². The topological polar surface area (TPSA) is 67.0 Å². The summed E-state index contributed by atoms with van der Waals surface area (Å²) in [6.45, 7) is 8.78. The largest absolute Gasteiger partial charge is 0.454 e. The molecule has 0 N–H and O–H groups in total. The second-order valence-electron chi connectivity index (χ2n) is 12.2. The van der Waals surface area contributed by atoms with Crippen LogP contribution in [0.1, 0.15) is 27.0 Å². The fourth-order valence-corrected chi connectivity index (χ4v) is 7.00. The number of ether oxygens (including phenoxy) is 4. The Bertz CT molecular complexity index is 1580. The Labute approximate surface area is 269 Å². The molecule has 0 aromatic heterocycles. The molecule has 236 valence electrons. The fourth-order valence-electron chi connectivity index (χ4n) is 7.00. The molecular weight excluding hydrogens is 580 g/mol. The zero-order valence-electron chi connectivity index (χ0n) is 25.9. The summed E-state index contributed by atoms with van der Waals surface area (Å²) < 4.78 is 23.6. The van der Waals surface area contributed by atoms with Gasteiger partial charge in [-0.05, 0) is 35.4 Å². The number of fused-ring (bicyclic) bond motifs is 2. The Kier molecular flexibility index (Phi) is 7.85. The first kappa shape index (κ1) is 28.7. The fraction of sp³-hybridized carbons (Fsp3) is 0.324. The molecule has 0 amide bonds. The predicted molar refractivity (Wildman–Crippen MR) is 176 cm³/mol. The molecule has 0 atom stereocenters. The van der Waals surface area contributed by atoms with Crippen molar-refractivity contribution in [1.82, 2.24) is 9.80 Å². The minimum absolute atomic E-state index is 0.0555. The Hall–Kier alpha value is -4.73. The summed E-state index contributed by atoms with van der Waals surface area (Å²) in [6.07, 6.45) is 0. The highest BCUT2D eigenvalue weighted by molar-refractivity contribution is 6.17. The van der Waals surface area contributed by atoms with Gasteiger partial charge in [0.05, 0.1) is 22.5 Å². The SMILES string of the molecule is O=C(c1ccc2c(c1N1CCN(Cc3ccccc3)CC1)OCO2)c1ccc2c(c1N1CCN(Cc3ccccc3)CC1)OCO2. The van der Waals surface area contributed by atoms with Gasteiger partial charge in [0.25, 0.3) is 0 Å². The number of rotatable bonds is 8. The van der Waals surface area contributed by atoms with Crippen molar-refractivity contribution in [1.29, 1.82) is 0 Å². The Balaban J connectivity index is 1.07. The van der Waals surface area contributed by atoms with Gasteiger partial charge >= 0.3 is 0 Å². The van der Waals surface area contributed by atoms with Crippen LogP contribution in [0.5, 0.6) is 23.0 Å². The van der Waals surface area contributed by atoms with Gasteiger partial charge in [-0.2, -0.15) is 0 Å². The van der Waals surface area contributed by atoms with E-state index >= 15 is 0 Å². The summed E-state index contributed by atoms with van der Waals surface area (Å²) in [5.74, 6) is 2.61. The van der Waals surface area contributed by atoms with E-state index in [0.717, 1.165) is 76.8 Å². The summed E-state index contributed by atoms with van der Waals surface area (Å²) >= 11 is 0. The highest BCUT2D eigenvalue weighted by Gasteiger charge is 2.34. The lowest BCUT2D eigenvalue weighted by Crippen LogP contribution is -2.47. The maximum atomic E-state index is 14.7. The number of piperazine rings is 2. The number of carbonyl (C=O) groups excluding carboxylic acids is 1. The highest BCUT2D eigenvalue weighted by Crippen LogP contribution is 2.48. The van der Waals surface area contributed by atoms with Gasteiger partial charge in [-0.25, -0.2) is 0 Å². The van der Waals surface area contributed by atoms with Crippen molar-refractivity contribution in [3.63, 3.8) is 0 Å². The lowest BCUT2D eigenvalue weighted by molar-refractivity contribution is 0.103. The molecule has 0 aliphatic carbocycles. The molecule has 4 aromatic rings. The normalized spacial score (nSPS) is 17.8. The van der Waals surface area contributed by atoms with E-state index < -0.39 is 0 Å². The molecule has 2 saturated heterocycles. The molecule has 9 heteroatoms. The molecule has 4 aromatic carbocycles. The van der Waals surface area contributed by atoms with Gasteiger partial charge in [0.15, 0.2) is 28.8 Å². The molecule has 9 nitrogen and oxygen atoms in total. The predicted octanol–water partition coefficient (Wildman–Crippen LogP) is 5.02. The third kappa shape index (κ3) is 5.61. The summed E-state index contributed by atoms with van der Waals surface area (Å²) in [5, 5.41) is 0. The van der Waals surface area contributed by atoms with E-state index in [9.17, 15) is 4.79 Å². The number of hydrogen-bond acceptors (Lipinski definition) is 9. The van der Waals surface area contributed by atoms with E-state index in [-0.39, 0.29) is 19.4 Å². The van der Waals surface area contributed by atoms with E-state index in [2.05, 4.69) is 80.3 Å². The van der Waals surface area contributed by atoms with Crippen molar-refractivity contribution >= 4 is 17.2 Å². The molecule has 0 saturated carbocycles. The second-order valence-corrected chi connectivity index (χ2v) is 12.2. The Morgan fingerprint density at radius 1 is 0.500 bits per heavy atom. The molecule has 46 heavy (non-hydrogen) atoms. The van der Waals surface area contributed by atoms with Gasteiger partial charge in [-0.15, -0.1) is 0 Å². The van der Waals surface area contributed by atoms with Gasteiger partial charge in [-0.3, -0.25) is 14.6 Å². The average Bonchev–Trinajstić information content (AvgIpc) is 3.79. The lowest BCUT2D eigenvalue weighted by atomic mass is 9.96. The Morgan fingerprint density at radius 2 is 0.913 bits per heavy atom. The van der Waals surface area contributed by atoms with Crippen LogP contribution in [0.3, 0.4) is 0 Å². The monoisotopic (exact) mass is 618 g/mol. The van der Waals surface area contributed by atoms with Crippen LogP contribution in [0.2, 0.25) is 0 Å². The van der Waals surface area contributed by atoms with E-state index in [1.807, 2.05) is 24.3 Å². The Morgan fingerprint density at radius 3 is 1.33 bits per heavy atom. The number of hydrogen-bond donors (Lipinski definition) is 0. The number of benzene rings is 4. The van der Waals surface area contributed by atoms with E-state index in [0.29, 0.717) is 34.1 Å². The van der Waals surface area contributed by atoms with Gasteiger partial charge in [0.1, 0.15) is 0 Å². The maximum Gasteiger partial charge on any atom is 0.231 e. The molecule has 0 spiro atoms. The molecule has 4 aliphatic heterocycles. The molecule has 4 aliphatic rings. The van der Waals surface area contributed by atoms with Crippen LogP contribution in [0.4, 0.5) is 11.4 Å². The lowest BCUT2D eigenvalue weighted by Gasteiger charge is -2.38. The molecule has 4 heterocycles. The first-order valence-corrected chi connectivity index (χ1v) is 16.1. The number of nitrogens with zero attached hydrogens (tertiary/aromatic N) is 4. The minimum Gasteiger partial charge on any atom is -0.454 e. The molecule has 2 fully saturated rings. The van der Waals surface area contributed by atoms with E-state index in [1.54, 1.807) is 0 Å². The highest BCUT2D eigenvalue weighted by atomic mass is 16.7. The smallest absolute Gasteiger partial charge is 0.231 e. The van der Waals surface area contributed by atoms with Gasteiger partial charge in [0.2, 0.25) is 13.6 Å². The molecule has 0 unspecified atom stereocenters. The number of anilines is 2. The van der Waals surface area contributed by atoms with Gasteiger partial charge < -0.3 is 28.7 Å². The first-order valence-electron chi connectivity index (χ1n) is 16.1. The van der Waals surface area contributed by atoms with Crippen molar-refractivity contribution in [2.45, 2.75) is 13.1 Å². The van der Waals surface area contributed by atoms with Crippen molar-refractivity contribution in [3.05, 3.63) is 107 Å². The summed E-state index contributed by atoms with van der Waals surface area (Å²) in [4.78, 5) is 24.2. The van der Waals surface area contributed by atoms with Crippen LogP contribution in [0.15, 0.2) is 84.9 Å². The maximum absolute atomic E-state index is 14.7. The van der Waals surface area contributed by atoms with Crippen LogP contribution in [-0.4, -0.2) is 81.5 Å². The quantitative estimate of drug-likeness (QED) is 0.253. The number of carbonyl (C=O) groups is 1. The standard InChI is InChI=1S/C37H38N4O5/c42-35(29-11-13-31-36(45-25-43-31)33(29)40-19-15-38(16-20-40)23-27-7-3-1-4-8-27)30-12-14-32-37(46-26-44-32)34(30)41-21-17-39(18-22-41)24-28-9-5-2-6-10-28/h1-14H,15-26H2. The van der Waals surface area contributed by atoms with Crippen molar-refractivity contribution < 1.29 is 23.7 Å². The van der Waals surface area contributed by atoms with Crippen molar-refractivity contribution in [3.8, 4) is 23.0 Å².